The van der Waals surface area contributed by atoms with Crippen molar-refractivity contribution in [1.29, 1.82) is 0 Å². The SMILES string of the molecule is CC(C)C(C)(O)COc1cc(C(=O)NC(CC(=O)O)c2ccccc2F)nn1-c1ccccc1F. The molecule has 2 atom stereocenters. The summed E-state index contributed by atoms with van der Waals surface area (Å²) < 4.78 is 35.6. The molecule has 0 aliphatic heterocycles. The van der Waals surface area contributed by atoms with E-state index in [4.69, 9.17) is 4.74 Å². The van der Waals surface area contributed by atoms with Gasteiger partial charge in [0, 0.05) is 11.6 Å². The predicted molar refractivity (Wildman–Crippen MR) is 123 cm³/mol. The molecule has 0 bridgehead atoms. The Kier molecular flexibility index (Phi) is 7.85. The van der Waals surface area contributed by atoms with Crippen LogP contribution in [-0.2, 0) is 4.79 Å². The fourth-order valence-corrected chi connectivity index (χ4v) is 3.16. The molecule has 2 unspecified atom stereocenters. The first kappa shape index (κ1) is 25.8. The van der Waals surface area contributed by atoms with Crippen LogP contribution in [0.3, 0.4) is 0 Å². The van der Waals surface area contributed by atoms with Crippen LogP contribution in [0, 0.1) is 17.6 Å². The number of ether oxygens (including phenoxy) is 1. The largest absolute Gasteiger partial charge is 0.481 e. The van der Waals surface area contributed by atoms with E-state index in [1.807, 2.05) is 13.8 Å². The highest BCUT2D eigenvalue weighted by Gasteiger charge is 2.28. The molecule has 0 saturated carbocycles. The predicted octanol–water partition coefficient (Wildman–Crippen LogP) is 3.88. The van der Waals surface area contributed by atoms with Crippen molar-refractivity contribution in [3.05, 3.63) is 77.5 Å². The molecule has 10 heteroatoms. The van der Waals surface area contributed by atoms with Gasteiger partial charge in [0.1, 0.15) is 23.9 Å². The Morgan fingerprint density at radius 2 is 1.74 bits per heavy atom. The molecule has 186 valence electrons. The van der Waals surface area contributed by atoms with E-state index in [2.05, 4.69) is 10.4 Å². The Hall–Kier alpha value is -3.79. The van der Waals surface area contributed by atoms with Crippen LogP contribution in [0.4, 0.5) is 8.78 Å². The van der Waals surface area contributed by atoms with Gasteiger partial charge in [-0.2, -0.15) is 9.78 Å². The number of hydrogen-bond donors (Lipinski definition) is 3. The first-order valence-corrected chi connectivity index (χ1v) is 11.0. The monoisotopic (exact) mass is 487 g/mol. The lowest BCUT2D eigenvalue weighted by molar-refractivity contribution is -0.137. The van der Waals surface area contributed by atoms with Crippen LogP contribution in [0.15, 0.2) is 54.6 Å². The summed E-state index contributed by atoms with van der Waals surface area (Å²) >= 11 is 0. The van der Waals surface area contributed by atoms with E-state index >= 15 is 0 Å². The average molecular weight is 488 g/mol. The summed E-state index contributed by atoms with van der Waals surface area (Å²) in [5.74, 6) is -3.52. The lowest BCUT2D eigenvalue weighted by Crippen LogP contribution is -2.38. The van der Waals surface area contributed by atoms with Gasteiger partial charge in [-0.15, -0.1) is 0 Å². The minimum absolute atomic E-state index is 0.00115. The van der Waals surface area contributed by atoms with Crippen LogP contribution < -0.4 is 10.1 Å². The Morgan fingerprint density at radius 3 is 2.34 bits per heavy atom. The van der Waals surface area contributed by atoms with Crippen molar-refractivity contribution >= 4 is 11.9 Å². The van der Waals surface area contributed by atoms with E-state index in [-0.39, 0.29) is 35.3 Å². The molecule has 1 heterocycles. The summed E-state index contributed by atoms with van der Waals surface area (Å²) in [6, 6.07) is 11.3. The summed E-state index contributed by atoms with van der Waals surface area (Å²) in [7, 11) is 0. The van der Waals surface area contributed by atoms with Crippen molar-refractivity contribution in [3.63, 3.8) is 0 Å². The molecule has 0 radical (unpaired) electrons. The third-order valence-electron chi connectivity index (χ3n) is 5.71. The van der Waals surface area contributed by atoms with Gasteiger partial charge in [0.2, 0.25) is 5.88 Å². The zero-order valence-electron chi connectivity index (χ0n) is 19.5. The number of carboxylic acid groups (broad SMARTS) is 1. The normalized spacial score (nSPS) is 13.8. The number of amides is 1. The van der Waals surface area contributed by atoms with Crippen LogP contribution >= 0.6 is 0 Å². The van der Waals surface area contributed by atoms with E-state index in [9.17, 15) is 28.6 Å². The number of halogens is 2. The Morgan fingerprint density at radius 1 is 1.11 bits per heavy atom. The maximum absolute atomic E-state index is 14.5. The van der Waals surface area contributed by atoms with Crippen molar-refractivity contribution in [3.8, 4) is 11.6 Å². The molecule has 0 aliphatic rings. The molecular formula is C25H27F2N3O5. The van der Waals surface area contributed by atoms with E-state index in [1.54, 1.807) is 13.0 Å². The molecule has 1 amide bonds. The molecular weight excluding hydrogens is 460 g/mol. The maximum atomic E-state index is 14.5. The van der Waals surface area contributed by atoms with Gasteiger partial charge in [-0.25, -0.2) is 8.78 Å². The van der Waals surface area contributed by atoms with E-state index in [0.717, 1.165) is 10.7 Å². The number of nitrogens with one attached hydrogen (secondary N) is 1. The molecule has 0 fully saturated rings. The summed E-state index contributed by atoms with van der Waals surface area (Å²) in [5, 5.41) is 26.4. The molecule has 3 aromatic rings. The number of para-hydroxylation sites is 1. The summed E-state index contributed by atoms with van der Waals surface area (Å²) in [4.78, 5) is 24.4. The highest BCUT2D eigenvalue weighted by Crippen LogP contribution is 2.26. The van der Waals surface area contributed by atoms with Crippen LogP contribution in [0.5, 0.6) is 5.88 Å². The van der Waals surface area contributed by atoms with Crippen molar-refractivity contribution in [2.45, 2.75) is 38.8 Å². The third kappa shape index (κ3) is 6.21. The number of aliphatic hydroxyl groups is 1. The topological polar surface area (TPSA) is 114 Å². The van der Waals surface area contributed by atoms with Crippen molar-refractivity contribution in [1.82, 2.24) is 15.1 Å². The highest BCUT2D eigenvalue weighted by molar-refractivity contribution is 5.93. The van der Waals surface area contributed by atoms with Gasteiger partial charge in [-0.1, -0.05) is 44.2 Å². The molecule has 0 saturated heterocycles. The van der Waals surface area contributed by atoms with Crippen LogP contribution in [-0.4, -0.2) is 44.1 Å². The van der Waals surface area contributed by atoms with Crippen LogP contribution in [0.1, 0.15) is 49.3 Å². The summed E-state index contributed by atoms with van der Waals surface area (Å²) in [5.41, 5.74) is -1.42. The van der Waals surface area contributed by atoms with Gasteiger partial charge in [0.05, 0.1) is 18.1 Å². The molecule has 0 aliphatic carbocycles. The Labute approximate surface area is 201 Å². The second-order valence-corrected chi connectivity index (χ2v) is 8.68. The van der Waals surface area contributed by atoms with Crippen LogP contribution in [0.25, 0.3) is 5.69 Å². The minimum Gasteiger partial charge on any atom is -0.481 e. The number of carbonyl (C=O) groups excluding carboxylic acids is 1. The highest BCUT2D eigenvalue weighted by atomic mass is 19.1. The first-order valence-electron chi connectivity index (χ1n) is 11.0. The minimum atomic E-state index is -1.24. The van der Waals surface area contributed by atoms with Crippen molar-refractivity contribution in [2.24, 2.45) is 5.92 Å². The van der Waals surface area contributed by atoms with Gasteiger partial charge < -0.3 is 20.3 Å². The zero-order chi connectivity index (χ0) is 25.8. The lowest BCUT2D eigenvalue weighted by atomic mass is 9.94. The van der Waals surface area contributed by atoms with Gasteiger partial charge in [0.25, 0.3) is 5.91 Å². The molecule has 3 rings (SSSR count). The first-order chi connectivity index (χ1) is 16.5. The van der Waals surface area contributed by atoms with Gasteiger partial charge >= 0.3 is 5.97 Å². The fraction of sp³-hybridized carbons (Fsp3) is 0.320. The third-order valence-corrected chi connectivity index (χ3v) is 5.71. The smallest absolute Gasteiger partial charge is 0.305 e. The van der Waals surface area contributed by atoms with Crippen LogP contribution in [0.2, 0.25) is 0 Å². The molecule has 1 aromatic heterocycles. The number of benzene rings is 2. The second-order valence-electron chi connectivity index (χ2n) is 8.68. The van der Waals surface area contributed by atoms with Crippen molar-refractivity contribution < 1.29 is 33.3 Å². The standard InChI is InChI=1S/C25H27F2N3O5/c1-15(2)25(3,34)14-35-22-12-20(29-30(22)21-11-7-6-10-18(21)27)24(33)28-19(13-23(31)32)16-8-4-5-9-17(16)26/h4-12,15,19,34H,13-14H2,1-3H3,(H,28,33)(H,31,32). The number of aromatic nitrogens is 2. The number of carbonyl (C=O) groups is 2. The van der Waals surface area contributed by atoms with Gasteiger partial charge in [-0.3, -0.25) is 9.59 Å². The fourth-order valence-electron chi connectivity index (χ4n) is 3.16. The zero-order valence-corrected chi connectivity index (χ0v) is 19.5. The number of nitrogens with zero attached hydrogens (tertiary/aromatic N) is 2. The Bertz CT molecular complexity index is 1210. The number of hydrogen-bond acceptors (Lipinski definition) is 5. The van der Waals surface area contributed by atoms with E-state index in [0.29, 0.717) is 0 Å². The Balaban J connectivity index is 1.96. The molecule has 35 heavy (non-hydrogen) atoms. The van der Waals surface area contributed by atoms with E-state index in [1.165, 1.54) is 42.5 Å². The lowest BCUT2D eigenvalue weighted by Gasteiger charge is -2.27. The molecule has 3 N–H and O–H groups in total. The number of carboxylic acids is 1. The molecule has 0 spiro atoms. The van der Waals surface area contributed by atoms with Crippen molar-refractivity contribution in [2.75, 3.05) is 6.61 Å². The number of aliphatic carboxylic acids is 1. The molecule has 8 nitrogen and oxygen atoms in total. The number of rotatable bonds is 10. The second kappa shape index (κ2) is 10.6. The van der Waals surface area contributed by atoms with E-state index < -0.39 is 41.6 Å². The molecule has 2 aromatic carbocycles. The van der Waals surface area contributed by atoms with Gasteiger partial charge in [0.15, 0.2) is 5.69 Å². The quantitative estimate of drug-likeness (QED) is 0.400. The average Bonchev–Trinajstić information content (AvgIpc) is 3.22. The summed E-state index contributed by atoms with van der Waals surface area (Å²) in [6.07, 6.45) is -0.568. The maximum Gasteiger partial charge on any atom is 0.305 e. The summed E-state index contributed by atoms with van der Waals surface area (Å²) in [6.45, 7) is 5.03. The van der Waals surface area contributed by atoms with Gasteiger partial charge in [-0.05, 0) is 31.0 Å².